The lowest BCUT2D eigenvalue weighted by atomic mass is 10.0. The largest absolute Gasteiger partial charge is 0.481 e. The van der Waals surface area contributed by atoms with Crippen molar-refractivity contribution >= 4 is 17.6 Å². The third-order valence-electron chi connectivity index (χ3n) is 3.06. The van der Waals surface area contributed by atoms with Gasteiger partial charge in [0.25, 0.3) is 0 Å². The number of fused-ring (bicyclic) bond motifs is 1. The molecule has 3 N–H and O–H groups in total. The van der Waals surface area contributed by atoms with E-state index in [0.717, 1.165) is 0 Å². The molecule has 1 aliphatic rings. The van der Waals surface area contributed by atoms with E-state index in [0.29, 0.717) is 11.3 Å². The number of hydrogen-bond donors (Lipinski definition) is 2. The van der Waals surface area contributed by atoms with Crippen LogP contribution in [-0.4, -0.2) is 29.6 Å². The van der Waals surface area contributed by atoms with E-state index in [1.54, 1.807) is 31.2 Å². The van der Waals surface area contributed by atoms with Crippen LogP contribution >= 0.6 is 0 Å². The number of aliphatic carboxylic acids is 1. The first kappa shape index (κ1) is 12.6. The number of carboxylic acid groups (broad SMARTS) is 1. The molecule has 1 aromatic carbocycles. The zero-order chi connectivity index (χ0) is 13.3. The standard InChI is InChI=1S/C13H16N2O3/c1-8(14)6-12(16)15-7-10(13(17)18)9-4-2-3-5-11(9)15/h2-5,8,10H,6-7,14H2,1H3,(H,17,18). The van der Waals surface area contributed by atoms with Gasteiger partial charge in [-0.3, -0.25) is 9.59 Å². The van der Waals surface area contributed by atoms with E-state index in [4.69, 9.17) is 5.73 Å². The third-order valence-corrected chi connectivity index (χ3v) is 3.06. The zero-order valence-corrected chi connectivity index (χ0v) is 10.2. The molecule has 5 nitrogen and oxygen atoms in total. The highest BCUT2D eigenvalue weighted by Gasteiger charge is 2.36. The maximum absolute atomic E-state index is 12.0. The van der Waals surface area contributed by atoms with Crippen LogP contribution in [0.3, 0.4) is 0 Å². The number of para-hydroxylation sites is 1. The van der Waals surface area contributed by atoms with Crippen LogP contribution in [0.2, 0.25) is 0 Å². The van der Waals surface area contributed by atoms with Gasteiger partial charge in [0, 0.05) is 24.7 Å². The molecule has 5 heteroatoms. The molecule has 2 rings (SSSR count). The fourth-order valence-electron chi connectivity index (χ4n) is 2.24. The van der Waals surface area contributed by atoms with Crippen LogP contribution in [0, 0.1) is 0 Å². The van der Waals surface area contributed by atoms with Gasteiger partial charge in [-0.05, 0) is 18.6 Å². The fraction of sp³-hybridized carbons (Fsp3) is 0.385. The quantitative estimate of drug-likeness (QED) is 0.833. The van der Waals surface area contributed by atoms with E-state index < -0.39 is 11.9 Å². The maximum Gasteiger partial charge on any atom is 0.312 e. The molecule has 0 fully saturated rings. The van der Waals surface area contributed by atoms with Crippen molar-refractivity contribution in [2.45, 2.75) is 25.3 Å². The van der Waals surface area contributed by atoms with Crippen LogP contribution in [0.15, 0.2) is 24.3 Å². The van der Waals surface area contributed by atoms with Crippen molar-refractivity contribution < 1.29 is 14.7 Å². The van der Waals surface area contributed by atoms with Gasteiger partial charge in [-0.1, -0.05) is 18.2 Å². The minimum atomic E-state index is -0.904. The molecule has 2 unspecified atom stereocenters. The second-order valence-corrected chi connectivity index (χ2v) is 4.64. The van der Waals surface area contributed by atoms with Gasteiger partial charge in [0.15, 0.2) is 0 Å². The predicted molar refractivity (Wildman–Crippen MR) is 67.4 cm³/mol. The number of nitrogens with zero attached hydrogens (tertiary/aromatic N) is 1. The molecule has 1 aromatic rings. The summed E-state index contributed by atoms with van der Waals surface area (Å²) in [6.45, 7) is 1.95. The van der Waals surface area contributed by atoms with Gasteiger partial charge in [0.1, 0.15) is 5.92 Å². The summed E-state index contributed by atoms with van der Waals surface area (Å²) in [5.41, 5.74) is 7.00. The Bertz CT molecular complexity index is 485. The maximum atomic E-state index is 12.0. The third kappa shape index (κ3) is 2.22. The topological polar surface area (TPSA) is 83.6 Å². The molecule has 0 radical (unpaired) electrons. The molecule has 0 saturated carbocycles. The van der Waals surface area contributed by atoms with E-state index >= 15 is 0 Å². The predicted octanol–water partition coefficient (Wildman–Crippen LogP) is 0.939. The molecule has 18 heavy (non-hydrogen) atoms. The molecule has 0 aliphatic carbocycles. The first-order valence-corrected chi connectivity index (χ1v) is 5.88. The van der Waals surface area contributed by atoms with Crippen LogP contribution in [-0.2, 0) is 9.59 Å². The smallest absolute Gasteiger partial charge is 0.312 e. The van der Waals surface area contributed by atoms with Crippen LogP contribution in [0.5, 0.6) is 0 Å². The zero-order valence-electron chi connectivity index (χ0n) is 10.2. The normalized spacial score (nSPS) is 19.4. The highest BCUT2D eigenvalue weighted by Crippen LogP contribution is 2.36. The van der Waals surface area contributed by atoms with Gasteiger partial charge in [0.05, 0.1) is 0 Å². The SMILES string of the molecule is CC(N)CC(=O)N1CC(C(=O)O)c2ccccc21. The molecule has 1 aliphatic heterocycles. The number of carboxylic acids is 1. The molecule has 0 aromatic heterocycles. The summed E-state index contributed by atoms with van der Waals surface area (Å²) >= 11 is 0. The Balaban J connectivity index is 2.31. The van der Waals surface area contributed by atoms with Gasteiger partial charge in [0.2, 0.25) is 5.91 Å². The minimum Gasteiger partial charge on any atom is -0.481 e. The molecular formula is C13H16N2O3. The second kappa shape index (κ2) is 4.78. The molecule has 2 atom stereocenters. The summed E-state index contributed by atoms with van der Waals surface area (Å²) in [7, 11) is 0. The molecule has 96 valence electrons. The fourth-order valence-corrected chi connectivity index (χ4v) is 2.24. The number of hydrogen-bond acceptors (Lipinski definition) is 3. The summed E-state index contributed by atoms with van der Waals surface area (Å²) in [6.07, 6.45) is 0.223. The molecule has 0 spiro atoms. The summed E-state index contributed by atoms with van der Waals surface area (Å²) in [4.78, 5) is 24.8. The number of carbonyl (C=O) groups is 2. The minimum absolute atomic E-state index is 0.124. The van der Waals surface area contributed by atoms with E-state index in [1.807, 2.05) is 0 Å². The molecule has 1 amide bonds. The lowest BCUT2D eigenvalue weighted by molar-refractivity contribution is -0.138. The second-order valence-electron chi connectivity index (χ2n) is 4.64. The van der Waals surface area contributed by atoms with Crippen molar-refractivity contribution in [1.82, 2.24) is 0 Å². The number of amides is 1. The van der Waals surface area contributed by atoms with Gasteiger partial charge >= 0.3 is 5.97 Å². The van der Waals surface area contributed by atoms with Gasteiger partial charge < -0.3 is 15.7 Å². The summed E-state index contributed by atoms with van der Waals surface area (Å²) in [6, 6.07) is 6.89. The highest BCUT2D eigenvalue weighted by molar-refractivity contribution is 5.99. The number of rotatable bonds is 3. The van der Waals surface area contributed by atoms with Crippen molar-refractivity contribution in [2.75, 3.05) is 11.4 Å². The molecule has 0 saturated heterocycles. The number of anilines is 1. The first-order chi connectivity index (χ1) is 8.50. The number of nitrogens with two attached hydrogens (primary N) is 1. The van der Waals surface area contributed by atoms with E-state index in [9.17, 15) is 14.7 Å². The van der Waals surface area contributed by atoms with E-state index in [2.05, 4.69) is 0 Å². The van der Waals surface area contributed by atoms with Crippen LogP contribution < -0.4 is 10.6 Å². The summed E-state index contributed by atoms with van der Waals surface area (Å²) in [5, 5.41) is 9.18. The Labute approximate surface area is 105 Å². The van der Waals surface area contributed by atoms with Crippen molar-refractivity contribution in [3.63, 3.8) is 0 Å². The Hall–Kier alpha value is -1.88. The van der Waals surface area contributed by atoms with Gasteiger partial charge in [-0.15, -0.1) is 0 Å². The monoisotopic (exact) mass is 248 g/mol. The number of benzene rings is 1. The Morgan fingerprint density at radius 1 is 1.50 bits per heavy atom. The molecule has 1 heterocycles. The Morgan fingerprint density at radius 2 is 2.17 bits per heavy atom. The van der Waals surface area contributed by atoms with Crippen LogP contribution in [0.4, 0.5) is 5.69 Å². The van der Waals surface area contributed by atoms with Crippen LogP contribution in [0.25, 0.3) is 0 Å². The number of carbonyl (C=O) groups excluding carboxylic acids is 1. The summed E-state index contributed by atoms with van der Waals surface area (Å²) in [5.74, 6) is -1.67. The van der Waals surface area contributed by atoms with Gasteiger partial charge in [-0.25, -0.2) is 0 Å². The van der Waals surface area contributed by atoms with E-state index in [1.165, 1.54) is 4.90 Å². The highest BCUT2D eigenvalue weighted by atomic mass is 16.4. The van der Waals surface area contributed by atoms with Crippen LogP contribution in [0.1, 0.15) is 24.8 Å². The average Bonchev–Trinajstić information content (AvgIpc) is 2.67. The van der Waals surface area contributed by atoms with Crippen molar-refractivity contribution in [1.29, 1.82) is 0 Å². The average molecular weight is 248 g/mol. The Kier molecular flexibility index (Phi) is 3.34. The van der Waals surface area contributed by atoms with Crippen molar-refractivity contribution in [2.24, 2.45) is 5.73 Å². The lowest BCUT2D eigenvalue weighted by Crippen LogP contribution is -2.34. The van der Waals surface area contributed by atoms with Gasteiger partial charge in [-0.2, -0.15) is 0 Å². The first-order valence-electron chi connectivity index (χ1n) is 5.88. The molecular weight excluding hydrogens is 232 g/mol. The van der Waals surface area contributed by atoms with E-state index in [-0.39, 0.29) is 24.9 Å². The van der Waals surface area contributed by atoms with Crippen molar-refractivity contribution in [3.8, 4) is 0 Å². The molecule has 0 bridgehead atoms. The Morgan fingerprint density at radius 3 is 2.78 bits per heavy atom. The lowest BCUT2D eigenvalue weighted by Gasteiger charge is -2.18. The summed E-state index contributed by atoms with van der Waals surface area (Å²) < 4.78 is 0. The van der Waals surface area contributed by atoms with Crippen molar-refractivity contribution in [3.05, 3.63) is 29.8 Å².